The van der Waals surface area contributed by atoms with Gasteiger partial charge in [-0.1, -0.05) is 52.0 Å². The average molecular weight is 270 g/mol. The maximum atomic E-state index is 11.0. The van der Waals surface area contributed by atoms with Crippen LogP contribution in [0.1, 0.15) is 38.8 Å². The third-order valence-corrected chi connectivity index (χ3v) is 1.90. The normalized spacial score (nSPS) is 8.32. The molecule has 4 heteroatoms. The van der Waals surface area contributed by atoms with Crippen molar-refractivity contribution in [1.29, 1.82) is 0 Å². The second-order valence-electron chi connectivity index (χ2n) is 3.02. The van der Waals surface area contributed by atoms with Gasteiger partial charge in [0.15, 0.2) is 6.79 Å². The van der Waals surface area contributed by atoms with E-state index in [1.165, 1.54) is 7.11 Å². The van der Waals surface area contributed by atoms with Gasteiger partial charge in [0.1, 0.15) is 6.61 Å². The number of benzene rings is 1. The lowest BCUT2D eigenvalue weighted by Crippen LogP contribution is -2.09. The van der Waals surface area contributed by atoms with E-state index in [0.29, 0.717) is 0 Å². The second kappa shape index (κ2) is 14.5. The summed E-state index contributed by atoms with van der Waals surface area (Å²) in [7, 11) is 1.44. The van der Waals surface area contributed by atoms with Crippen LogP contribution in [0, 0.1) is 6.92 Å². The molecule has 4 nitrogen and oxygen atoms in total. The van der Waals surface area contributed by atoms with Crippen molar-refractivity contribution in [2.75, 3.05) is 13.9 Å². The number of rotatable bonds is 4. The summed E-state index contributed by atoms with van der Waals surface area (Å²) in [4.78, 5) is 11.0. The van der Waals surface area contributed by atoms with Crippen molar-refractivity contribution in [3.05, 3.63) is 35.4 Å². The van der Waals surface area contributed by atoms with E-state index in [0.717, 1.165) is 11.1 Å². The second-order valence-corrected chi connectivity index (χ2v) is 3.02. The van der Waals surface area contributed by atoms with Crippen molar-refractivity contribution in [3.8, 4) is 0 Å². The molecule has 0 amide bonds. The highest BCUT2D eigenvalue weighted by molar-refractivity contribution is 5.59. The maximum absolute atomic E-state index is 11.0. The summed E-state index contributed by atoms with van der Waals surface area (Å²) in [6.07, 6.45) is -0.722. The molecule has 0 aliphatic rings. The molecular formula is C15H26O4. The smallest absolute Gasteiger partial charge is 0.429 e. The van der Waals surface area contributed by atoms with Gasteiger partial charge in [-0.3, -0.25) is 0 Å². The minimum Gasteiger partial charge on any atom is -0.429 e. The molecule has 0 spiro atoms. The SMILES string of the molecule is CC.CC.COCOC(=O)OCc1ccccc1C. The summed E-state index contributed by atoms with van der Waals surface area (Å²) in [5, 5.41) is 0. The third kappa shape index (κ3) is 10.1. The lowest BCUT2D eigenvalue weighted by molar-refractivity contribution is -0.0287. The molecule has 0 aliphatic carbocycles. The van der Waals surface area contributed by atoms with Crippen LogP contribution in [-0.4, -0.2) is 20.1 Å². The van der Waals surface area contributed by atoms with Crippen LogP contribution >= 0.6 is 0 Å². The zero-order valence-electron chi connectivity index (χ0n) is 12.9. The molecule has 110 valence electrons. The molecule has 0 heterocycles. The van der Waals surface area contributed by atoms with E-state index in [1.54, 1.807) is 0 Å². The van der Waals surface area contributed by atoms with E-state index in [2.05, 4.69) is 9.47 Å². The van der Waals surface area contributed by atoms with Crippen LogP contribution in [-0.2, 0) is 20.8 Å². The van der Waals surface area contributed by atoms with Gasteiger partial charge in [-0.25, -0.2) is 4.79 Å². The van der Waals surface area contributed by atoms with Gasteiger partial charge in [0.2, 0.25) is 0 Å². The molecule has 0 aliphatic heterocycles. The molecule has 19 heavy (non-hydrogen) atoms. The zero-order valence-corrected chi connectivity index (χ0v) is 12.9. The van der Waals surface area contributed by atoms with Crippen molar-refractivity contribution in [2.24, 2.45) is 0 Å². The van der Waals surface area contributed by atoms with E-state index >= 15 is 0 Å². The number of hydrogen-bond donors (Lipinski definition) is 0. The zero-order chi connectivity index (χ0) is 15.1. The van der Waals surface area contributed by atoms with Gasteiger partial charge in [-0.05, 0) is 18.1 Å². The molecule has 1 aromatic carbocycles. The highest BCUT2D eigenvalue weighted by Crippen LogP contribution is 2.08. The number of hydrogen-bond acceptors (Lipinski definition) is 4. The van der Waals surface area contributed by atoms with E-state index in [4.69, 9.17) is 4.74 Å². The number of aryl methyl sites for hydroxylation is 1. The van der Waals surface area contributed by atoms with E-state index in [-0.39, 0.29) is 13.4 Å². The monoisotopic (exact) mass is 270 g/mol. The fourth-order valence-corrected chi connectivity index (χ4v) is 1.06. The maximum Gasteiger partial charge on any atom is 0.510 e. The Kier molecular flexibility index (Phi) is 15.1. The predicted octanol–water partition coefficient (Wildman–Crippen LogP) is 4.30. The van der Waals surface area contributed by atoms with Crippen molar-refractivity contribution >= 4 is 6.16 Å². The van der Waals surface area contributed by atoms with Gasteiger partial charge in [0, 0.05) is 7.11 Å². The molecule has 0 saturated carbocycles. The molecule has 0 N–H and O–H groups in total. The van der Waals surface area contributed by atoms with Crippen LogP contribution < -0.4 is 0 Å². The topological polar surface area (TPSA) is 44.8 Å². The average Bonchev–Trinajstić information content (AvgIpc) is 2.48. The van der Waals surface area contributed by atoms with Gasteiger partial charge >= 0.3 is 6.16 Å². The van der Waals surface area contributed by atoms with Crippen LogP contribution in [0.5, 0.6) is 0 Å². The van der Waals surface area contributed by atoms with Gasteiger partial charge in [0.25, 0.3) is 0 Å². The number of methoxy groups -OCH3 is 1. The van der Waals surface area contributed by atoms with Crippen molar-refractivity contribution in [2.45, 2.75) is 41.2 Å². The first-order valence-electron chi connectivity index (χ1n) is 6.57. The van der Waals surface area contributed by atoms with Gasteiger partial charge < -0.3 is 14.2 Å². The van der Waals surface area contributed by atoms with Gasteiger partial charge in [-0.15, -0.1) is 0 Å². The predicted molar refractivity (Wildman–Crippen MR) is 77.0 cm³/mol. The molecule has 0 aromatic heterocycles. The van der Waals surface area contributed by atoms with Crippen molar-refractivity contribution in [3.63, 3.8) is 0 Å². The molecule has 0 atom stereocenters. The van der Waals surface area contributed by atoms with Crippen LogP contribution in [0.2, 0.25) is 0 Å². The molecule has 0 saturated heterocycles. The molecule has 1 rings (SSSR count). The first kappa shape index (κ1) is 19.8. The fraction of sp³-hybridized carbons (Fsp3) is 0.533. The van der Waals surface area contributed by atoms with E-state index < -0.39 is 6.16 Å². The summed E-state index contributed by atoms with van der Waals surface area (Å²) in [6.45, 7) is 10.1. The summed E-state index contributed by atoms with van der Waals surface area (Å²) in [5.41, 5.74) is 2.05. The first-order valence-corrected chi connectivity index (χ1v) is 6.57. The molecule has 0 fully saturated rings. The standard InChI is InChI=1S/C11H14O4.2C2H6/c1-9-5-3-4-6-10(9)7-14-11(12)15-8-13-2;2*1-2/h3-6H,7-8H2,1-2H3;2*1-2H3. The number of carbonyl (C=O) groups excluding carboxylic acids is 1. The quantitative estimate of drug-likeness (QED) is 0.604. The minimum atomic E-state index is -0.722. The summed E-state index contributed by atoms with van der Waals surface area (Å²) >= 11 is 0. The Bertz CT molecular complexity index is 324. The lowest BCUT2D eigenvalue weighted by Gasteiger charge is -2.07. The highest BCUT2D eigenvalue weighted by Gasteiger charge is 2.04. The van der Waals surface area contributed by atoms with E-state index in [9.17, 15) is 4.79 Å². The molecule has 0 radical (unpaired) electrons. The van der Waals surface area contributed by atoms with Gasteiger partial charge in [0.05, 0.1) is 0 Å². The highest BCUT2D eigenvalue weighted by atomic mass is 16.8. The molecule has 0 unspecified atom stereocenters. The Morgan fingerprint density at radius 2 is 1.63 bits per heavy atom. The van der Waals surface area contributed by atoms with Crippen LogP contribution in [0.4, 0.5) is 4.79 Å². The third-order valence-electron chi connectivity index (χ3n) is 1.90. The van der Waals surface area contributed by atoms with Crippen molar-refractivity contribution < 1.29 is 19.0 Å². The summed E-state index contributed by atoms with van der Waals surface area (Å²) < 4.78 is 14.0. The minimum absolute atomic E-state index is 0.0907. The Morgan fingerprint density at radius 3 is 2.16 bits per heavy atom. The lowest BCUT2D eigenvalue weighted by atomic mass is 10.1. The largest absolute Gasteiger partial charge is 0.510 e. The Hall–Kier alpha value is -1.55. The Labute approximate surface area is 116 Å². The Morgan fingerprint density at radius 1 is 1.05 bits per heavy atom. The Balaban J connectivity index is 0. The van der Waals surface area contributed by atoms with E-state index in [1.807, 2.05) is 58.9 Å². The molecule has 1 aromatic rings. The first-order chi connectivity index (χ1) is 9.24. The van der Waals surface area contributed by atoms with Crippen LogP contribution in [0.15, 0.2) is 24.3 Å². The van der Waals surface area contributed by atoms with Crippen LogP contribution in [0.25, 0.3) is 0 Å². The van der Waals surface area contributed by atoms with Gasteiger partial charge in [-0.2, -0.15) is 0 Å². The summed E-state index contributed by atoms with van der Waals surface area (Å²) in [6, 6.07) is 7.69. The van der Waals surface area contributed by atoms with Crippen LogP contribution in [0.3, 0.4) is 0 Å². The molecule has 0 bridgehead atoms. The van der Waals surface area contributed by atoms with Crippen molar-refractivity contribution in [1.82, 2.24) is 0 Å². The molecular weight excluding hydrogens is 244 g/mol. The summed E-state index contributed by atoms with van der Waals surface area (Å²) in [5.74, 6) is 0. The fourth-order valence-electron chi connectivity index (χ4n) is 1.06. The number of carbonyl (C=O) groups is 1. The number of ether oxygens (including phenoxy) is 3.